The molecule has 0 atom stereocenters. The number of hydrogen-bond donors (Lipinski definition) is 0. The predicted molar refractivity (Wildman–Crippen MR) is 95.6 cm³/mol. The first-order valence-corrected chi connectivity index (χ1v) is 8.83. The summed E-state index contributed by atoms with van der Waals surface area (Å²) in [7, 11) is 1.71. The third-order valence-corrected chi connectivity index (χ3v) is 5.17. The van der Waals surface area contributed by atoms with E-state index in [1.54, 1.807) is 7.11 Å². The summed E-state index contributed by atoms with van der Waals surface area (Å²) < 4.78 is 11.8. The summed E-state index contributed by atoms with van der Waals surface area (Å²) in [5, 5.41) is 1.21. The summed E-state index contributed by atoms with van der Waals surface area (Å²) in [5.41, 5.74) is 3.55. The topological polar surface area (TPSA) is 35.3 Å². The average molecular weight is 321 g/mol. The average Bonchev–Trinajstić information content (AvgIpc) is 3.29. The molecule has 3 aromatic rings. The lowest BCUT2D eigenvalue weighted by molar-refractivity contribution is 0.404. The zero-order valence-corrected chi connectivity index (χ0v) is 14.1. The third-order valence-electron chi connectivity index (χ3n) is 5.17. The molecule has 1 fully saturated rings. The van der Waals surface area contributed by atoms with Crippen LogP contribution in [0.5, 0.6) is 5.75 Å². The highest BCUT2D eigenvalue weighted by Gasteiger charge is 2.22. The maximum Gasteiger partial charge on any atom is 0.176 e. The van der Waals surface area contributed by atoms with Gasteiger partial charge < -0.3 is 9.15 Å². The van der Waals surface area contributed by atoms with Gasteiger partial charge in [-0.05, 0) is 61.1 Å². The monoisotopic (exact) mass is 321 g/mol. The number of pyridine rings is 1. The van der Waals surface area contributed by atoms with Crippen molar-refractivity contribution in [3.05, 3.63) is 59.6 Å². The molecular formula is C21H23NO2. The Kier molecular flexibility index (Phi) is 4.24. The molecule has 2 aromatic heterocycles. The van der Waals surface area contributed by atoms with Crippen LogP contribution in [-0.2, 0) is 12.8 Å². The van der Waals surface area contributed by atoms with Crippen molar-refractivity contribution in [3.63, 3.8) is 0 Å². The molecule has 0 spiro atoms. The van der Waals surface area contributed by atoms with Crippen LogP contribution < -0.4 is 4.74 Å². The van der Waals surface area contributed by atoms with E-state index in [1.165, 1.54) is 42.2 Å². The molecule has 2 heterocycles. The number of hydrogen-bond acceptors (Lipinski definition) is 3. The Bertz CT molecular complexity index is 816. The van der Waals surface area contributed by atoms with E-state index in [0.717, 1.165) is 29.9 Å². The molecule has 24 heavy (non-hydrogen) atoms. The normalized spacial score (nSPS) is 15.2. The fraction of sp³-hybridized carbons (Fsp3) is 0.381. The minimum absolute atomic E-state index is 0.579. The number of methoxy groups -OCH3 is 1. The SMILES string of the molecule is COc1ccc(CCc2ccncc2)c2cc(C3CCCC3)oc12. The van der Waals surface area contributed by atoms with Gasteiger partial charge >= 0.3 is 0 Å². The first kappa shape index (κ1) is 15.3. The lowest BCUT2D eigenvalue weighted by Crippen LogP contribution is -1.93. The molecule has 0 saturated heterocycles. The summed E-state index contributed by atoms with van der Waals surface area (Å²) >= 11 is 0. The maximum atomic E-state index is 6.23. The first-order chi connectivity index (χ1) is 11.8. The number of fused-ring (bicyclic) bond motifs is 1. The van der Waals surface area contributed by atoms with E-state index >= 15 is 0 Å². The van der Waals surface area contributed by atoms with Crippen molar-refractivity contribution in [2.24, 2.45) is 0 Å². The van der Waals surface area contributed by atoms with Crippen LogP contribution in [-0.4, -0.2) is 12.1 Å². The van der Waals surface area contributed by atoms with E-state index in [1.807, 2.05) is 18.5 Å². The Morgan fingerprint density at radius 1 is 1.08 bits per heavy atom. The largest absolute Gasteiger partial charge is 0.493 e. The zero-order valence-electron chi connectivity index (χ0n) is 14.1. The van der Waals surface area contributed by atoms with Gasteiger partial charge in [0.2, 0.25) is 0 Å². The van der Waals surface area contributed by atoms with E-state index < -0.39 is 0 Å². The zero-order chi connectivity index (χ0) is 16.4. The van der Waals surface area contributed by atoms with Crippen molar-refractivity contribution >= 4 is 11.0 Å². The van der Waals surface area contributed by atoms with Crippen molar-refractivity contribution in [2.45, 2.75) is 44.4 Å². The number of ether oxygens (including phenoxy) is 1. The fourth-order valence-electron chi connectivity index (χ4n) is 3.79. The minimum atomic E-state index is 0.579. The third kappa shape index (κ3) is 2.91. The maximum absolute atomic E-state index is 6.23. The van der Waals surface area contributed by atoms with Crippen LogP contribution in [0, 0.1) is 0 Å². The van der Waals surface area contributed by atoms with Gasteiger partial charge in [-0.15, -0.1) is 0 Å². The van der Waals surface area contributed by atoms with E-state index in [4.69, 9.17) is 9.15 Å². The van der Waals surface area contributed by atoms with Crippen molar-refractivity contribution in [1.29, 1.82) is 0 Å². The summed E-state index contributed by atoms with van der Waals surface area (Å²) in [6.45, 7) is 0. The van der Waals surface area contributed by atoms with Crippen LogP contribution in [0.4, 0.5) is 0 Å². The Hall–Kier alpha value is -2.29. The second kappa shape index (κ2) is 6.68. The highest BCUT2D eigenvalue weighted by molar-refractivity contribution is 5.87. The molecule has 1 aliphatic carbocycles. The molecule has 0 unspecified atom stereocenters. The van der Waals surface area contributed by atoms with Crippen molar-refractivity contribution < 1.29 is 9.15 Å². The lowest BCUT2D eigenvalue weighted by Gasteiger charge is -2.06. The molecule has 3 heteroatoms. The van der Waals surface area contributed by atoms with E-state index in [9.17, 15) is 0 Å². The van der Waals surface area contributed by atoms with Gasteiger partial charge in [0, 0.05) is 23.7 Å². The van der Waals surface area contributed by atoms with Gasteiger partial charge in [0.1, 0.15) is 5.76 Å². The Balaban J connectivity index is 1.67. The molecule has 1 aliphatic rings. The van der Waals surface area contributed by atoms with Crippen molar-refractivity contribution in [1.82, 2.24) is 4.98 Å². The number of furan rings is 1. The molecule has 124 valence electrons. The number of aromatic nitrogens is 1. The summed E-state index contributed by atoms with van der Waals surface area (Å²) in [4.78, 5) is 4.09. The summed E-state index contributed by atoms with van der Waals surface area (Å²) in [6.07, 6.45) is 10.8. The Morgan fingerprint density at radius 2 is 1.88 bits per heavy atom. The number of rotatable bonds is 5. The second-order valence-electron chi connectivity index (χ2n) is 6.66. The molecule has 0 N–H and O–H groups in total. The van der Waals surface area contributed by atoms with Crippen molar-refractivity contribution in [3.8, 4) is 5.75 Å². The molecule has 0 amide bonds. The van der Waals surface area contributed by atoms with E-state index in [0.29, 0.717) is 5.92 Å². The standard InChI is InChI=1S/C21H23NO2/c1-23-19-9-8-16(7-6-15-10-12-22-13-11-15)18-14-20(24-21(18)19)17-4-2-3-5-17/h8-14,17H,2-7H2,1H3. The number of benzene rings is 1. The van der Waals surface area contributed by atoms with Gasteiger partial charge in [-0.1, -0.05) is 18.9 Å². The molecule has 0 bridgehead atoms. The molecular weight excluding hydrogens is 298 g/mol. The predicted octanol–water partition coefficient (Wildman–Crippen LogP) is 5.28. The molecule has 0 radical (unpaired) electrons. The minimum Gasteiger partial charge on any atom is -0.493 e. The fourth-order valence-corrected chi connectivity index (χ4v) is 3.79. The molecule has 3 nitrogen and oxygen atoms in total. The molecule has 1 saturated carbocycles. The van der Waals surface area contributed by atoms with Gasteiger partial charge in [0.25, 0.3) is 0 Å². The molecule has 1 aromatic carbocycles. The van der Waals surface area contributed by atoms with Gasteiger partial charge in [-0.3, -0.25) is 4.98 Å². The highest BCUT2D eigenvalue weighted by atomic mass is 16.5. The lowest BCUT2D eigenvalue weighted by atomic mass is 10.00. The Morgan fingerprint density at radius 3 is 2.62 bits per heavy atom. The summed E-state index contributed by atoms with van der Waals surface area (Å²) in [6, 6.07) is 10.6. The number of aryl methyl sites for hydroxylation is 2. The van der Waals surface area contributed by atoms with E-state index in [2.05, 4.69) is 29.2 Å². The van der Waals surface area contributed by atoms with Crippen LogP contribution in [0.15, 0.2) is 47.1 Å². The quantitative estimate of drug-likeness (QED) is 0.641. The summed E-state index contributed by atoms with van der Waals surface area (Å²) in [5.74, 6) is 2.55. The van der Waals surface area contributed by atoms with Gasteiger partial charge in [0.15, 0.2) is 11.3 Å². The number of nitrogens with zero attached hydrogens (tertiary/aromatic N) is 1. The Labute approximate surface area is 142 Å². The van der Waals surface area contributed by atoms with Gasteiger partial charge in [-0.2, -0.15) is 0 Å². The van der Waals surface area contributed by atoms with Crippen LogP contribution in [0.2, 0.25) is 0 Å². The van der Waals surface area contributed by atoms with Crippen LogP contribution in [0.1, 0.15) is 48.5 Å². The highest BCUT2D eigenvalue weighted by Crippen LogP contribution is 2.40. The van der Waals surface area contributed by atoms with Crippen LogP contribution >= 0.6 is 0 Å². The smallest absolute Gasteiger partial charge is 0.176 e. The van der Waals surface area contributed by atoms with E-state index in [-0.39, 0.29) is 0 Å². The van der Waals surface area contributed by atoms with Gasteiger partial charge in [-0.25, -0.2) is 0 Å². The van der Waals surface area contributed by atoms with Gasteiger partial charge in [0.05, 0.1) is 7.11 Å². The second-order valence-corrected chi connectivity index (χ2v) is 6.66. The van der Waals surface area contributed by atoms with Crippen molar-refractivity contribution in [2.75, 3.05) is 7.11 Å². The molecule has 4 rings (SSSR count). The van der Waals surface area contributed by atoms with Crippen LogP contribution in [0.3, 0.4) is 0 Å². The molecule has 0 aliphatic heterocycles. The first-order valence-electron chi connectivity index (χ1n) is 8.83. The van der Waals surface area contributed by atoms with Crippen LogP contribution in [0.25, 0.3) is 11.0 Å².